The molecule has 2 aromatic rings. The minimum atomic E-state index is 0. The highest BCUT2D eigenvalue weighted by Gasteiger charge is 2.21. The van der Waals surface area contributed by atoms with Crippen molar-refractivity contribution in [1.29, 1.82) is 0 Å². The lowest BCUT2D eigenvalue weighted by Gasteiger charge is -2.36. The fourth-order valence-electron chi connectivity index (χ4n) is 4.13. The predicted octanol–water partition coefficient (Wildman–Crippen LogP) is 3.49. The van der Waals surface area contributed by atoms with Gasteiger partial charge in [0.15, 0.2) is 5.96 Å². The topological polar surface area (TPSA) is 78.8 Å². The van der Waals surface area contributed by atoms with Gasteiger partial charge in [-0.3, -0.25) is 0 Å². The number of nitrogens with zero attached hydrogens (tertiary/aromatic N) is 6. The molecule has 8 nitrogen and oxygen atoms in total. The number of anilines is 1. The van der Waals surface area contributed by atoms with Crippen LogP contribution in [-0.2, 0) is 6.54 Å². The standard InChI is InChI=1S/C23H33N7O.HI/c1-2-24-22(29-13-15-30(16-14-29)23-26-10-6-11-27-23)28-18-19-9-12-25-21(17-19)31-20-7-4-3-5-8-20;/h6,9-12,17,20H,2-5,7-8,13-16,18H2,1H3,(H,24,28);1H. The zero-order chi connectivity index (χ0) is 21.3. The second kappa shape index (κ2) is 12.8. The van der Waals surface area contributed by atoms with Gasteiger partial charge in [-0.1, -0.05) is 6.42 Å². The summed E-state index contributed by atoms with van der Waals surface area (Å²) in [5.41, 5.74) is 1.12. The van der Waals surface area contributed by atoms with E-state index in [4.69, 9.17) is 9.73 Å². The summed E-state index contributed by atoms with van der Waals surface area (Å²) in [4.78, 5) is 22.6. The molecule has 174 valence electrons. The molecule has 1 aliphatic carbocycles. The number of aromatic nitrogens is 3. The number of hydrogen-bond donors (Lipinski definition) is 1. The maximum Gasteiger partial charge on any atom is 0.225 e. The number of aliphatic imine (C=N–C) groups is 1. The lowest BCUT2D eigenvalue weighted by Crippen LogP contribution is -2.52. The van der Waals surface area contributed by atoms with Crippen LogP contribution in [0.1, 0.15) is 44.6 Å². The first-order chi connectivity index (χ1) is 15.3. The molecule has 1 saturated heterocycles. The van der Waals surface area contributed by atoms with Crippen molar-refractivity contribution in [2.75, 3.05) is 37.6 Å². The molecule has 0 bridgehead atoms. The van der Waals surface area contributed by atoms with Crippen LogP contribution in [0.3, 0.4) is 0 Å². The fourth-order valence-corrected chi connectivity index (χ4v) is 4.13. The molecular formula is C23H34IN7O. The zero-order valence-electron chi connectivity index (χ0n) is 18.8. The minimum Gasteiger partial charge on any atom is -0.474 e. The van der Waals surface area contributed by atoms with Crippen molar-refractivity contribution < 1.29 is 4.74 Å². The van der Waals surface area contributed by atoms with Crippen molar-refractivity contribution >= 4 is 35.9 Å². The Bertz CT molecular complexity index is 837. The largest absolute Gasteiger partial charge is 0.474 e. The summed E-state index contributed by atoms with van der Waals surface area (Å²) in [6.45, 7) is 7.08. The Morgan fingerprint density at radius 1 is 1.06 bits per heavy atom. The molecule has 0 unspecified atom stereocenters. The van der Waals surface area contributed by atoms with Gasteiger partial charge in [0, 0.05) is 57.4 Å². The van der Waals surface area contributed by atoms with Gasteiger partial charge in [0.2, 0.25) is 11.8 Å². The summed E-state index contributed by atoms with van der Waals surface area (Å²) in [6.07, 6.45) is 11.8. The molecule has 0 atom stereocenters. The number of hydrogen-bond acceptors (Lipinski definition) is 6. The van der Waals surface area contributed by atoms with Gasteiger partial charge in [0.1, 0.15) is 6.10 Å². The Balaban J connectivity index is 0.00000289. The minimum absolute atomic E-state index is 0. The third-order valence-corrected chi connectivity index (χ3v) is 5.80. The van der Waals surface area contributed by atoms with Gasteiger partial charge < -0.3 is 19.9 Å². The summed E-state index contributed by atoms with van der Waals surface area (Å²) < 4.78 is 6.12. The average molecular weight is 551 g/mol. The van der Waals surface area contributed by atoms with Crippen LogP contribution < -0.4 is 15.0 Å². The van der Waals surface area contributed by atoms with Crippen LogP contribution in [-0.4, -0.2) is 64.6 Å². The van der Waals surface area contributed by atoms with Crippen molar-refractivity contribution in [2.45, 2.75) is 51.7 Å². The van der Waals surface area contributed by atoms with Gasteiger partial charge in [-0.25, -0.2) is 19.9 Å². The Morgan fingerprint density at radius 3 is 2.53 bits per heavy atom. The SMILES string of the molecule is CCNC(=NCc1ccnc(OC2CCCCC2)c1)N1CCN(c2ncccn2)CC1.I. The molecule has 1 N–H and O–H groups in total. The maximum absolute atomic E-state index is 6.12. The van der Waals surface area contributed by atoms with Gasteiger partial charge in [0.25, 0.3) is 0 Å². The number of nitrogens with one attached hydrogen (secondary N) is 1. The van der Waals surface area contributed by atoms with Gasteiger partial charge in [-0.15, -0.1) is 24.0 Å². The number of pyridine rings is 1. The van der Waals surface area contributed by atoms with Crippen molar-refractivity contribution in [2.24, 2.45) is 4.99 Å². The number of halogens is 1. The van der Waals surface area contributed by atoms with Crippen LogP contribution in [0.2, 0.25) is 0 Å². The van der Waals surface area contributed by atoms with Gasteiger partial charge >= 0.3 is 0 Å². The van der Waals surface area contributed by atoms with E-state index < -0.39 is 0 Å². The van der Waals surface area contributed by atoms with Gasteiger partial charge in [-0.2, -0.15) is 0 Å². The molecule has 0 amide bonds. The number of piperazine rings is 1. The quantitative estimate of drug-likeness (QED) is 0.335. The molecule has 9 heteroatoms. The third kappa shape index (κ3) is 6.91. The number of rotatable bonds is 6. The second-order valence-corrected chi connectivity index (χ2v) is 8.07. The zero-order valence-corrected chi connectivity index (χ0v) is 21.1. The summed E-state index contributed by atoms with van der Waals surface area (Å²) in [5, 5.41) is 3.44. The van der Waals surface area contributed by atoms with Crippen LogP contribution in [0.25, 0.3) is 0 Å². The molecule has 4 rings (SSSR count). The fraction of sp³-hybridized carbons (Fsp3) is 0.565. The predicted molar refractivity (Wildman–Crippen MR) is 138 cm³/mol. The van der Waals surface area contributed by atoms with Crippen LogP contribution in [0, 0.1) is 0 Å². The van der Waals surface area contributed by atoms with Crippen molar-refractivity contribution in [3.8, 4) is 5.88 Å². The van der Waals surface area contributed by atoms with Crippen LogP contribution in [0.4, 0.5) is 5.95 Å². The van der Waals surface area contributed by atoms with Crippen molar-refractivity contribution in [3.63, 3.8) is 0 Å². The number of ether oxygens (including phenoxy) is 1. The summed E-state index contributed by atoms with van der Waals surface area (Å²) in [7, 11) is 0. The van der Waals surface area contributed by atoms with E-state index >= 15 is 0 Å². The lowest BCUT2D eigenvalue weighted by atomic mass is 9.98. The Kier molecular flexibility index (Phi) is 9.76. The molecule has 1 saturated carbocycles. The first-order valence-corrected chi connectivity index (χ1v) is 11.5. The van der Waals surface area contributed by atoms with E-state index in [9.17, 15) is 0 Å². The number of guanidine groups is 1. The highest BCUT2D eigenvalue weighted by atomic mass is 127. The van der Waals surface area contributed by atoms with Gasteiger partial charge in [0.05, 0.1) is 6.54 Å². The van der Waals surface area contributed by atoms with E-state index in [2.05, 4.69) is 37.0 Å². The highest BCUT2D eigenvalue weighted by Crippen LogP contribution is 2.22. The van der Waals surface area contributed by atoms with Crippen LogP contribution >= 0.6 is 24.0 Å². The molecule has 3 heterocycles. The van der Waals surface area contributed by atoms with E-state index in [1.54, 1.807) is 12.4 Å². The molecule has 2 aliphatic rings. The molecular weight excluding hydrogens is 517 g/mol. The molecule has 0 spiro atoms. The molecule has 1 aliphatic heterocycles. The van der Waals surface area contributed by atoms with E-state index in [1.165, 1.54) is 19.3 Å². The van der Waals surface area contributed by atoms with E-state index in [1.807, 2.05) is 24.4 Å². The molecule has 2 aromatic heterocycles. The maximum atomic E-state index is 6.12. The van der Waals surface area contributed by atoms with Crippen LogP contribution in [0.15, 0.2) is 41.8 Å². The van der Waals surface area contributed by atoms with Crippen molar-refractivity contribution in [3.05, 3.63) is 42.4 Å². The molecule has 0 radical (unpaired) electrons. The molecule has 0 aromatic carbocycles. The van der Waals surface area contributed by atoms with Gasteiger partial charge in [-0.05, 0) is 50.3 Å². The van der Waals surface area contributed by atoms with E-state index in [0.29, 0.717) is 12.6 Å². The summed E-state index contributed by atoms with van der Waals surface area (Å²) >= 11 is 0. The first kappa shape index (κ1) is 24.5. The van der Waals surface area contributed by atoms with E-state index in [-0.39, 0.29) is 24.0 Å². The third-order valence-electron chi connectivity index (χ3n) is 5.80. The lowest BCUT2D eigenvalue weighted by molar-refractivity contribution is 0.148. The Labute approximate surface area is 207 Å². The monoisotopic (exact) mass is 551 g/mol. The molecule has 2 fully saturated rings. The van der Waals surface area contributed by atoms with E-state index in [0.717, 1.165) is 68.9 Å². The average Bonchev–Trinajstić information content (AvgIpc) is 2.83. The summed E-state index contributed by atoms with van der Waals surface area (Å²) in [6, 6.07) is 5.90. The normalized spacial score (nSPS) is 17.6. The van der Waals surface area contributed by atoms with Crippen LogP contribution in [0.5, 0.6) is 5.88 Å². The summed E-state index contributed by atoms with van der Waals surface area (Å²) in [5.74, 6) is 2.47. The smallest absolute Gasteiger partial charge is 0.225 e. The Hall–Kier alpha value is -2.17. The Morgan fingerprint density at radius 2 is 1.81 bits per heavy atom. The van der Waals surface area contributed by atoms with Crippen molar-refractivity contribution in [1.82, 2.24) is 25.2 Å². The highest BCUT2D eigenvalue weighted by molar-refractivity contribution is 14.0. The second-order valence-electron chi connectivity index (χ2n) is 8.07. The molecule has 32 heavy (non-hydrogen) atoms. The first-order valence-electron chi connectivity index (χ1n) is 11.5.